The van der Waals surface area contributed by atoms with E-state index in [0.717, 1.165) is 16.7 Å². The van der Waals surface area contributed by atoms with E-state index in [0.29, 0.717) is 34.4 Å². The summed E-state index contributed by atoms with van der Waals surface area (Å²) in [4.78, 5) is 21.2. The average molecular weight is 443 g/mol. The normalized spacial score (nSPS) is 11.4. The minimum Gasteiger partial charge on any atom is -0.383 e. The summed E-state index contributed by atoms with van der Waals surface area (Å²) in [6.45, 7) is 4.40. The lowest BCUT2D eigenvalue weighted by Gasteiger charge is -2.07. The molecule has 5 aromatic rings. The van der Waals surface area contributed by atoms with E-state index in [1.54, 1.807) is 22.9 Å². The van der Waals surface area contributed by atoms with Crippen LogP contribution in [0.4, 0.5) is 10.2 Å². The molecule has 0 aliphatic rings. The fourth-order valence-electron chi connectivity index (χ4n) is 4.07. The Bertz CT molecular complexity index is 1580. The van der Waals surface area contributed by atoms with E-state index in [1.165, 1.54) is 28.0 Å². The zero-order valence-corrected chi connectivity index (χ0v) is 18.5. The van der Waals surface area contributed by atoms with Crippen LogP contribution < -0.4 is 11.4 Å². The van der Waals surface area contributed by atoms with Gasteiger partial charge in [0, 0.05) is 30.4 Å². The van der Waals surface area contributed by atoms with Crippen molar-refractivity contribution in [1.29, 1.82) is 0 Å². The second-order valence-electron chi connectivity index (χ2n) is 8.16. The molecule has 33 heavy (non-hydrogen) atoms. The van der Waals surface area contributed by atoms with Gasteiger partial charge in [-0.05, 0) is 37.1 Å². The zero-order valence-electron chi connectivity index (χ0n) is 18.5. The van der Waals surface area contributed by atoms with Gasteiger partial charge < -0.3 is 10.3 Å². The highest BCUT2D eigenvalue weighted by molar-refractivity contribution is 6.00. The topological polar surface area (TPSA) is 96.6 Å². The second kappa shape index (κ2) is 7.70. The van der Waals surface area contributed by atoms with E-state index >= 15 is 4.39 Å². The van der Waals surface area contributed by atoms with Crippen molar-refractivity contribution < 1.29 is 4.39 Å². The van der Waals surface area contributed by atoms with Gasteiger partial charge in [-0.3, -0.25) is 4.57 Å². The second-order valence-corrected chi connectivity index (χ2v) is 8.16. The molecule has 0 saturated heterocycles. The van der Waals surface area contributed by atoms with Gasteiger partial charge in [-0.1, -0.05) is 23.8 Å². The Morgan fingerprint density at radius 2 is 1.88 bits per heavy atom. The molecule has 0 radical (unpaired) electrons. The van der Waals surface area contributed by atoms with E-state index < -0.39 is 5.82 Å². The number of nitrogens with two attached hydrogens (primary N) is 1. The third-order valence-corrected chi connectivity index (χ3v) is 5.85. The maximum Gasteiger partial charge on any atom is 0.350 e. The standard InChI is InChI=1S/C24H22FN7O/c1-14-4-5-15(2)16(8-14)10-31-13-29-32(24(31)33)17-6-7-18(20(25)9-17)19-11-30(3)23-21(19)22(26)27-12-28-23/h4-9,11-13H,10H2,1-3H3,(H2,26,27,28). The summed E-state index contributed by atoms with van der Waals surface area (Å²) in [6.07, 6.45) is 4.61. The van der Waals surface area contributed by atoms with Crippen LogP contribution in [-0.2, 0) is 13.6 Å². The highest BCUT2D eigenvalue weighted by Gasteiger charge is 2.18. The first-order valence-electron chi connectivity index (χ1n) is 10.4. The molecule has 3 heterocycles. The van der Waals surface area contributed by atoms with Crippen molar-refractivity contribution in [3.8, 4) is 16.8 Å². The number of benzene rings is 2. The maximum atomic E-state index is 15.2. The molecule has 0 spiro atoms. The summed E-state index contributed by atoms with van der Waals surface area (Å²) in [7, 11) is 1.81. The molecule has 2 aromatic carbocycles. The Morgan fingerprint density at radius 3 is 2.67 bits per heavy atom. The van der Waals surface area contributed by atoms with Crippen LogP contribution in [0.25, 0.3) is 27.8 Å². The van der Waals surface area contributed by atoms with Gasteiger partial charge in [0.05, 0.1) is 17.6 Å². The Kier molecular flexibility index (Phi) is 4.81. The van der Waals surface area contributed by atoms with Gasteiger partial charge in [0.25, 0.3) is 0 Å². The fraction of sp³-hybridized carbons (Fsp3) is 0.167. The number of fused-ring (bicyclic) bond motifs is 1. The van der Waals surface area contributed by atoms with Crippen LogP contribution in [-0.4, -0.2) is 28.9 Å². The zero-order chi connectivity index (χ0) is 23.3. The summed E-state index contributed by atoms with van der Waals surface area (Å²) in [5.41, 5.74) is 10.8. The first-order chi connectivity index (χ1) is 15.8. The number of nitrogens with zero attached hydrogens (tertiary/aromatic N) is 6. The molecule has 0 saturated carbocycles. The number of aromatic nitrogens is 6. The van der Waals surface area contributed by atoms with Crippen molar-refractivity contribution in [2.45, 2.75) is 20.4 Å². The Labute approximate surface area is 188 Å². The van der Waals surface area contributed by atoms with Crippen LogP contribution >= 0.6 is 0 Å². The average Bonchev–Trinajstić information content (AvgIpc) is 3.31. The van der Waals surface area contributed by atoms with Crippen LogP contribution in [0.2, 0.25) is 0 Å². The van der Waals surface area contributed by atoms with Gasteiger partial charge in [0.2, 0.25) is 0 Å². The van der Waals surface area contributed by atoms with Crippen LogP contribution in [0.15, 0.2) is 60.0 Å². The smallest absolute Gasteiger partial charge is 0.350 e. The molecular weight excluding hydrogens is 421 g/mol. The van der Waals surface area contributed by atoms with Gasteiger partial charge >= 0.3 is 5.69 Å². The molecular formula is C24H22FN7O. The number of hydrogen-bond donors (Lipinski definition) is 1. The maximum absolute atomic E-state index is 15.2. The molecule has 8 nitrogen and oxygen atoms in total. The van der Waals surface area contributed by atoms with Crippen LogP contribution in [0.3, 0.4) is 0 Å². The van der Waals surface area contributed by atoms with Gasteiger partial charge in [-0.2, -0.15) is 9.78 Å². The predicted molar refractivity (Wildman–Crippen MR) is 125 cm³/mol. The van der Waals surface area contributed by atoms with Gasteiger partial charge in [-0.25, -0.2) is 19.2 Å². The van der Waals surface area contributed by atoms with E-state index in [2.05, 4.69) is 15.1 Å². The molecule has 3 aromatic heterocycles. The summed E-state index contributed by atoms with van der Waals surface area (Å²) in [5.74, 6) is -0.222. The van der Waals surface area contributed by atoms with E-state index in [4.69, 9.17) is 5.73 Å². The van der Waals surface area contributed by atoms with Crippen molar-refractivity contribution in [1.82, 2.24) is 28.9 Å². The largest absolute Gasteiger partial charge is 0.383 e. The van der Waals surface area contributed by atoms with Gasteiger partial charge in [0.1, 0.15) is 29.9 Å². The van der Waals surface area contributed by atoms with Crippen LogP contribution in [0.1, 0.15) is 16.7 Å². The number of rotatable bonds is 4. The Balaban J connectivity index is 1.53. The quantitative estimate of drug-likeness (QED) is 0.459. The van der Waals surface area contributed by atoms with Crippen molar-refractivity contribution >= 4 is 16.9 Å². The van der Waals surface area contributed by atoms with Crippen molar-refractivity contribution in [2.24, 2.45) is 7.05 Å². The number of halogens is 1. The summed E-state index contributed by atoms with van der Waals surface area (Å²) >= 11 is 0. The molecule has 0 aliphatic heterocycles. The molecule has 0 bridgehead atoms. The molecule has 5 rings (SSSR count). The fourth-order valence-corrected chi connectivity index (χ4v) is 4.07. The molecule has 9 heteroatoms. The minimum atomic E-state index is -0.501. The molecule has 0 aliphatic carbocycles. The summed E-state index contributed by atoms with van der Waals surface area (Å²) < 4.78 is 19.7. The third-order valence-electron chi connectivity index (χ3n) is 5.85. The molecule has 0 atom stereocenters. The lowest BCUT2D eigenvalue weighted by molar-refractivity contribution is 0.628. The number of hydrogen-bond acceptors (Lipinski definition) is 5. The number of aryl methyl sites for hydroxylation is 3. The van der Waals surface area contributed by atoms with Crippen molar-refractivity contribution in [3.63, 3.8) is 0 Å². The SMILES string of the molecule is Cc1ccc(C)c(Cn2cnn(-c3ccc(-c4cn(C)c5ncnc(N)c45)c(F)c3)c2=O)c1. The van der Waals surface area contributed by atoms with E-state index in [9.17, 15) is 4.79 Å². The first kappa shape index (κ1) is 20.6. The minimum absolute atomic E-state index is 0.278. The van der Waals surface area contributed by atoms with Crippen LogP contribution in [0.5, 0.6) is 0 Å². The van der Waals surface area contributed by atoms with Gasteiger partial charge in [0.15, 0.2) is 0 Å². The predicted octanol–water partition coefficient (Wildman–Crippen LogP) is 3.37. The monoisotopic (exact) mass is 443 g/mol. The van der Waals surface area contributed by atoms with E-state index in [1.807, 2.05) is 39.1 Å². The van der Waals surface area contributed by atoms with Crippen LogP contribution in [0, 0.1) is 19.7 Å². The highest BCUT2D eigenvalue weighted by Crippen LogP contribution is 2.34. The summed E-state index contributed by atoms with van der Waals surface area (Å²) in [5, 5.41) is 4.79. The third kappa shape index (κ3) is 3.47. The summed E-state index contributed by atoms with van der Waals surface area (Å²) in [6, 6.07) is 10.7. The molecule has 0 fully saturated rings. The lowest BCUT2D eigenvalue weighted by atomic mass is 10.0. The van der Waals surface area contributed by atoms with Gasteiger partial charge in [-0.15, -0.1) is 0 Å². The first-order valence-corrected chi connectivity index (χ1v) is 10.4. The number of nitrogen functional groups attached to an aromatic ring is 1. The van der Waals surface area contributed by atoms with Crippen molar-refractivity contribution in [3.05, 3.63) is 88.2 Å². The highest BCUT2D eigenvalue weighted by atomic mass is 19.1. The van der Waals surface area contributed by atoms with E-state index in [-0.39, 0.29) is 11.5 Å². The molecule has 0 unspecified atom stereocenters. The molecule has 2 N–H and O–H groups in total. The van der Waals surface area contributed by atoms with Crippen molar-refractivity contribution in [2.75, 3.05) is 5.73 Å². The molecule has 0 amide bonds. The number of anilines is 1. The molecule has 166 valence electrons. The Morgan fingerprint density at radius 1 is 1.06 bits per heavy atom. The lowest BCUT2D eigenvalue weighted by Crippen LogP contribution is -2.24. The Hall–Kier alpha value is -4.27.